The van der Waals surface area contributed by atoms with Gasteiger partial charge in [-0.25, -0.2) is 0 Å². The van der Waals surface area contributed by atoms with Crippen LogP contribution in [0.1, 0.15) is 11.3 Å². The van der Waals surface area contributed by atoms with E-state index in [0.717, 1.165) is 0 Å². The molecule has 0 atom stereocenters. The predicted octanol–water partition coefficient (Wildman–Crippen LogP) is 4.21. The van der Waals surface area contributed by atoms with Gasteiger partial charge in [0.25, 0.3) is 5.91 Å². The number of anilines is 1. The molecule has 2 aromatic carbocycles. The topological polar surface area (TPSA) is 108 Å². The summed E-state index contributed by atoms with van der Waals surface area (Å²) in [4.78, 5) is 12.4. The van der Waals surface area contributed by atoms with Gasteiger partial charge in [-0.2, -0.15) is 5.26 Å². The molecule has 0 aliphatic rings. The number of nitrogens with one attached hydrogen (secondary N) is 1. The minimum absolute atomic E-state index is 0.183. The minimum atomic E-state index is -0.757. The van der Waals surface area contributed by atoms with Crippen molar-refractivity contribution >= 4 is 17.4 Å². The van der Waals surface area contributed by atoms with E-state index in [0.29, 0.717) is 22.9 Å². The molecule has 27 heavy (non-hydrogen) atoms. The van der Waals surface area contributed by atoms with E-state index in [1.54, 1.807) is 49.4 Å². The van der Waals surface area contributed by atoms with E-state index in [4.69, 9.17) is 9.26 Å². The molecule has 0 bridgehead atoms. The number of carbonyl (C=O) groups is 1. The van der Waals surface area contributed by atoms with Gasteiger partial charge in [0.2, 0.25) is 0 Å². The Morgan fingerprint density at radius 3 is 2.59 bits per heavy atom. The molecule has 0 spiro atoms. The molecule has 0 aliphatic heterocycles. The lowest BCUT2D eigenvalue weighted by Crippen LogP contribution is -2.15. The molecule has 3 rings (SSSR count). The van der Waals surface area contributed by atoms with Gasteiger partial charge in [-0.1, -0.05) is 29.4 Å². The van der Waals surface area contributed by atoms with Crippen LogP contribution in [0.5, 0.6) is 11.5 Å². The van der Waals surface area contributed by atoms with Crippen molar-refractivity contribution in [2.75, 3.05) is 5.32 Å². The second kappa shape index (κ2) is 7.89. The number of hydrogen-bond acceptors (Lipinski definition) is 6. The van der Waals surface area contributed by atoms with Crippen molar-refractivity contribution in [1.82, 2.24) is 5.16 Å². The normalized spacial score (nSPS) is 11.3. The summed E-state index contributed by atoms with van der Waals surface area (Å²) in [6.07, 6.45) is 1.24. The number of hydrogen-bond donors (Lipinski definition) is 2. The number of benzene rings is 2. The molecule has 2 N–H and O–H groups in total. The summed E-state index contributed by atoms with van der Waals surface area (Å²) >= 11 is 0. The van der Waals surface area contributed by atoms with Crippen LogP contribution in [-0.4, -0.2) is 16.2 Å². The molecule has 0 saturated carbocycles. The van der Waals surface area contributed by atoms with E-state index in [1.807, 2.05) is 18.2 Å². The number of aromatic nitrogens is 1. The van der Waals surface area contributed by atoms with Crippen molar-refractivity contribution in [3.8, 4) is 17.6 Å². The van der Waals surface area contributed by atoms with Crippen molar-refractivity contribution < 1.29 is 19.2 Å². The third kappa shape index (κ3) is 4.14. The SMILES string of the molecule is Cc1oncc1/C(O)=C(\C#N)C(=O)Nc1cccc(Oc2ccccc2)c1. The minimum Gasteiger partial charge on any atom is -0.506 e. The highest BCUT2D eigenvalue weighted by molar-refractivity contribution is 6.11. The van der Waals surface area contributed by atoms with E-state index in [1.165, 1.54) is 6.20 Å². The van der Waals surface area contributed by atoms with Gasteiger partial charge >= 0.3 is 0 Å². The van der Waals surface area contributed by atoms with Crippen molar-refractivity contribution in [1.29, 1.82) is 5.26 Å². The van der Waals surface area contributed by atoms with Gasteiger partial charge in [0.15, 0.2) is 11.3 Å². The number of para-hydroxylation sites is 1. The first-order valence-corrected chi connectivity index (χ1v) is 7.98. The fourth-order valence-corrected chi connectivity index (χ4v) is 2.33. The zero-order valence-electron chi connectivity index (χ0n) is 14.3. The Labute approximate surface area is 155 Å². The number of carbonyl (C=O) groups excluding carboxylic acids is 1. The summed E-state index contributed by atoms with van der Waals surface area (Å²) in [7, 11) is 0. The van der Waals surface area contributed by atoms with Gasteiger partial charge in [0.05, 0.1) is 11.8 Å². The second-order valence-corrected chi connectivity index (χ2v) is 5.53. The largest absolute Gasteiger partial charge is 0.506 e. The first kappa shape index (κ1) is 17.8. The van der Waals surface area contributed by atoms with Crippen LogP contribution in [0.4, 0.5) is 5.69 Å². The average molecular weight is 361 g/mol. The van der Waals surface area contributed by atoms with Gasteiger partial charge in [0.1, 0.15) is 23.3 Å². The summed E-state index contributed by atoms with van der Waals surface area (Å²) in [5.41, 5.74) is 0.148. The van der Waals surface area contributed by atoms with E-state index in [9.17, 15) is 15.2 Å². The van der Waals surface area contributed by atoms with E-state index in [-0.39, 0.29) is 5.56 Å². The number of nitriles is 1. The van der Waals surface area contributed by atoms with Gasteiger partial charge in [-0.3, -0.25) is 4.79 Å². The van der Waals surface area contributed by atoms with Gasteiger partial charge < -0.3 is 19.7 Å². The van der Waals surface area contributed by atoms with E-state index >= 15 is 0 Å². The number of aliphatic hydroxyl groups excluding tert-OH is 1. The molecule has 0 fully saturated rings. The van der Waals surface area contributed by atoms with Gasteiger partial charge in [-0.05, 0) is 31.2 Å². The van der Waals surface area contributed by atoms with Crippen LogP contribution in [0.25, 0.3) is 5.76 Å². The molecule has 0 saturated heterocycles. The Hall–Kier alpha value is -4.05. The molecule has 0 unspecified atom stereocenters. The summed E-state index contributed by atoms with van der Waals surface area (Å²) < 4.78 is 10.6. The van der Waals surface area contributed by atoms with Crippen molar-refractivity contribution in [2.24, 2.45) is 0 Å². The van der Waals surface area contributed by atoms with Gasteiger partial charge in [-0.15, -0.1) is 0 Å². The van der Waals surface area contributed by atoms with E-state index < -0.39 is 17.2 Å². The maximum atomic E-state index is 12.4. The molecule has 3 aromatic rings. The highest BCUT2D eigenvalue weighted by Crippen LogP contribution is 2.25. The van der Waals surface area contributed by atoms with Crippen LogP contribution >= 0.6 is 0 Å². The predicted molar refractivity (Wildman–Crippen MR) is 98.0 cm³/mol. The number of aryl methyl sites for hydroxylation is 1. The highest BCUT2D eigenvalue weighted by Gasteiger charge is 2.20. The zero-order valence-corrected chi connectivity index (χ0v) is 14.3. The fourth-order valence-electron chi connectivity index (χ4n) is 2.33. The maximum absolute atomic E-state index is 12.4. The molecular formula is C20H15N3O4. The fraction of sp³-hybridized carbons (Fsp3) is 0.0500. The molecule has 0 radical (unpaired) electrons. The summed E-state index contributed by atoms with van der Waals surface area (Å²) in [5, 5.41) is 25.6. The second-order valence-electron chi connectivity index (χ2n) is 5.53. The van der Waals surface area contributed by atoms with Crippen molar-refractivity contribution in [3.63, 3.8) is 0 Å². The average Bonchev–Trinajstić information content (AvgIpc) is 3.09. The molecular weight excluding hydrogens is 346 g/mol. The molecule has 1 aromatic heterocycles. The third-order valence-corrected chi connectivity index (χ3v) is 3.65. The summed E-state index contributed by atoms with van der Waals surface area (Å²) in [5.74, 6) is 0.212. The lowest BCUT2D eigenvalue weighted by Gasteiger charge is -2.09. The van der Waals surface area contributed by atoms with Crippen LogP contribution in [0, 0.1) is 18.3 Å². The Morgan fingerprint density at radius 1 is 1.19 bits per heavy atom. The Bertz CT molecular complexity index is 1030. The van der Waals surface area contributed by atoms with Crippen LogP contribution in [-0.2, 0) is 4.79 Å². The van der Waals surface area contributed by atoms with Crippen molar-refractivity contribution in [3.05, 3.63) is 77.7 Å². The lowest BCUT2D eigenvalue weighted by molar-refractivity contribution is -0.112. The Kier molecular flexibility index (Phi) is 5.19. The monoisotopic (exact) mass is 361 g/mol. The number of nitrogens with zero attached hydrogens (tertiary/aromatic N) is 2. The standard InChI is InChI=1S/C20H15N3O4/c1-13-18(12-22-27-13)19(24)17(11-21)20(25)23-14-6-5-9-16(10-14)26-15-7-3-2-4-8-15/h2-10,12,24H,1H3,(H,23,25)/b19-17-. The maximum Gasteiger partial charge on any atom is 0.270 e. The molecule has 1 amide bonds. The molecule has 1 heterocycles. The molecule has 0 aliphatic carbocycles. The molecule has 134 valence electrons. The first-order chi connectivity index (χ1) is 13.1. The number of aliphatic hydroxyl groups is 1. The molecule has 7 nitrogen and oxygen atoms in total. The smallest absolute Gasteiger partial charge is 0.270 e. The van der Waals surface area contributed by atoms with Crippen LogP contribution in [0.2, 0.25) is 0 Å². The number of amides is 1. The highest BCUT2D eigenvalue weighted by atomic mass is 16.5. The zero-order chi connectivity index (χ0) is 19.2. The van der Waals surface area contributed by atoms with Crippen LogP contribution < -0.4 is 10.1 Å². The summed E-state index contributed by atoms with van der Waals surface area (Å²) in [6.45, 7) is 1.57. The third-order valence-electron chi connectivity index (χ3n) is 3.65. The van der Waals surface area contributed by atoms with Crippen LogP contribution in [0.3, 0.4) is 0 Å². The Balaban J connectivity index is 1.80. The van der Waals surface area contributed by atoms with Gasteiger partial charge in [0, 0.05) is 11.8 Å². The summed E-state index contributed by atoms with van der Waals surface area (Å²) in [6, 6.07) is 17.6. The van der Waals surface area contributed by atoms with E-state index in [2.05, 4.69) is 10.5 Å². The molecule has 7 heteroatoms. The Morgan fingerprint density at radius 2 is 1.93 bits per heavy atom. The number of ether oxygens (including phenoxy) is 1. The quantitative estimate of drug-likeness (QED) is 0.400. The van der Waals surface area contributed by atoms with Crippen molar-refractivity contribution in [2.45, 2.75) is 6.92 Å². The lowest BCUT2D eigenvalue weighted by atomic mass is 10.1. The van der Waals surface area contributed by atoms with Crippen LogP contribution in [0.15, 0.2) is 70.9 Å². The first-order valence-electron chi connectivity index (χ1n) is 7.98. The number of rotatable bonds is 5.